The summed E-state index contributed by atoms with van der Waals surface area (Å²) in [5.41, 5.74) is 1.78. The summed E-state index contributed by atoms with van der Waals surface area (Å²) >= 11 is 0. The van der Waals surface area contributed by atoms with E-state index in [9.17, 15) is 8.42 Å². The Balaban J connectivity index is 1.86. The van der Waals surface area contributed by atoms with Gasteiger partial charge in [0.2, 0.25) is 5.09 Å². The molecule has 0 aliphatic rings. The zero-order chi connectivity index (χ0) is 17.0. The Morgan fingerprint density at radius 2 is 2.04 bits per heavy atom. The van der Waals surface area contributed by atoms with E-state index < -0.39 is 10.0 Å². The first kappa shape index (κ1) is 16.2. The minimum atomic E-state index is -3.73. The van der Waals surface area contributed by atoms with E-state index >= 15 is 0 Å². The fourth-order valence-corrected chi connectivity index (χ4v) is 2.99. The number of aromatic nitrogens is 2. The Hall–Kier alpha value is -2.71. The van der Waals surface area contributed by atoms with Crippen molar-refractivity contribution in [3.05, 3.63) is 60.6 Å². The highest BCUT2D eigenvalue weighted by atomic mass is 32.2. The van der Waals surface area contributed by atoms with Gasteiger partial charge in [0.15, 0.2) is 0 Å². The van der Waals surface area contributed by atoms with Crippen LogP contribution in [0.4, 0.5) is 0 Å². The Labute approximate surface area is 139 Å². The standard InChI is InChI=1S/C16H15N3O4S/c1-22-13-9-12(11-18-24(20,21)16-6-4-8-23-16)19-15(10-13)14-5-2-3-7-17-14/h2-10,18H,11H2,1H3. The van der Waals surface area contributed by atoms with E-state index in [0.29, 0.717) is 22.8 Å². The molecule has 0 saturated carbocycles. The minimum absolute atomic E-state index is 0.0000664. The van der Waals surface area contributed by atoms with Gasteiger partial charge in [0, 0.05) is 18.3 Å². The van der Waals surface area contributed by atoms with Crippen molar-refractivity contribution in [3.63, 3.8) is 0 Å². The molecule has 0 aromatic carbocycles. The van der Waals surface area contributed by atoms with Crippen LogP contribution in [0.5, 0.6) is 5.75 Å². The van der Waals surface area contributed by atoms with Crippen molar-refractivity contribution in [3.8, 4) is 17.1 Å². The predicted molar refractivity (Wildman–Crippen MR) is 86.8 cm³/mol. The SMILES string of the molecule is COc1cc(CNS(=O)(=O)c2ccco2)nc(-c2ccccn2)c1. The van der Waals surface area contributed by atoms with Crippen molar-refractivity contribution in [2.24, 2.45) is 0 Å². The summed E-state index contributed by atoms with van der Waals surface area (Å²) in [7, 11) is -2.19. The van der Waals surface area contributed by atoms with Crippen molar-refractivity contribution >= 4 is 10.0 Å². The third-order valence-corrected chi connectivity index (χ3v) is 4.50. The largest absolute Gasteiger partial charge is 0.497 e. The second-order valence-corrected chi connectivity index (χ2v) is 6.55. The number of ether oxygens (including phenoxy) is 1. The van der Waals surface area contributed by atoms with Gasteiger partial charge >= 0.3 is 0 Å². The second kappa shape index (κ2) is 6.81. The lowest BCUT2D eigenvalue weighted by molar-refractivity contribution is 0.413. The second-order valence-electron chi connectivity index (χ2n) is 4.86. The molecule has 0 bridgehead atoms. The molecule has 0 radical (unpaired) electrons. The fourth-order valence-electron chi connectivity index (χ4n) is 2.07. The monoisotopic (exact) mass is 345 g/mol. The summed E-state index contributed by atoms with van der Waals surface area (Å²) in [6, 6.07) is 11.8. The molecule has 0 fully saturated rings. The molecule has 0 saturated heterocycles. The van der Waals surface area contributed by atoms with Crippen LogP contribution in [0, 0.1) is 0 Å². The van der Waals surface area contributed by atoms with Gasteiger partial charge in [-0.25, -0.2) is 18.1 Å². The van der Waals surface area contributed by atoms with Crippen LogP contribution in [-0.2, 0) is 16.6 Å². The van der Waals surface area contributed by atoms with Crippen LogP contribution in [0.1, 0.15) is 5.69 Å². The number of sulfonamides is 1. The first-order chi connectivity index (χ1) is 11.6. The van der Waals surface area contributed by atoms with Gasteiger partial charge in [0.25, 0.3) is 10.0 Å². The van der Waals surface area contributed by atoms with Gasteiger partial charge in [0.1, 0.15) is 5.75 Å². The molecular weight excluding hydrogens is 330 g/mol. The summed E-state index contributed by atoms with van der Waals surface area (Å²) in [6.45, 7) is 0.0000664. The molecule has 3 aromatic rings. The third-order valence-electron chi connectivity index (χ3n) is 3.22. The van der Waals surface area contributed by atoms with Gasteiger partial charge in [-0.1, -0.05) is 6.07 Å². The fraction of sp³-hybridized carbons (Fsp3) is 0.125. The van der Waals surface area contributed by atoms with E-state index in [2.05, 4.69) is 14.7 Å². The van der Waals surface area contributed by atoms with Gasteiger partial charge in [-0.2, -0.15) is 0 Å². The summed E-state index contributed by atoms with van der Waals surface area (Å²) < 4.78 is 36.8. The predicted octanol–water partition coefficient (Wildman–Crippen LogP) is 2.22. The van der Waals surface area contributed by atoms with Crippen LogP contribution in [0.3, 0.4) is 0 Å². The van der Waals surface area contributed by atoms with E-state index in [1.165, 1.54) is 25.5 Å². The zero-order valence-electron chi connectivity index (χ0n) is 12.8. The molecule has 0 spiro atoms. The molecule has 24 heavy (non-hydrogen) atoms. The van der Waals surface area contributed by atoms with Gasteiger partial charge in [-0.15, -0.1) is 0 Å². The zero-order valence-corrected chi connectivity index (χ0v) is 13.7. The maximum atomic E-state index is 12.1. The summed E-state index contributed by atoms with van der Waals surface area (Å²) in [5, 5.41) is -0.143. The maximum absolute atomic E-state index is 12.1. The Morgan fingerprint density at radius 3 is 2.71 bits per heavy atom. The molecule has 0 amide bonds. The van der Waals surface area contributed by atoms with Crippen LogP contribution in [0.2, 0.25) is 0 Å². The number of rotatable bonds is 6. The molecular formula is C16H15N3O4S. The number of methoxy groups -OCH3 is 1. The Bertz CT molecular complexity index is 910. The van der Waals surface area contributed by atoms with E-state index in [1.54, 1.807) is 18.3 Å². The molecule has 3 heterocycles. The topological polar surface area (TPSA) is 94.3 Å². The quantitative estimate of drug-likeness (QED) is 0.736. The highest BCUT2D eigenvalue weighted by molar-refractivity contribution is 7.89. The normalized spacial score (nSPS) is 11.4. The Morgan fingerprint density at radius 1 is 1.17 bits per heavy atom. The van der Waals surface area contributed by atoms with E-state index in [0.717, 1.165) is 0 Å². The highest BCUT2D eigenvalue weighted by Gasteiger charge is 2.17. The molecule has 1 N–H and O–H groups in total. The molecule has 3 aromatic heterocycles. The minimum Gasteiger partial charge on any atom is -0.497 e. The van der Waals surface area contributed by atoms with Crippen LogP contribution in [0.15, 0.2) is 64.4 Å². The van der Waals surface area contributed by atoms with Crippen molar-refractivity contribution < 1.29 is 17.6 Å². The van der Waals surface area contributed by atoms with Crippen molar-refractivity contribution in [2.45, 2.75) is 11.6 Å². The first-order valence-corrected chi connectivity index (χ1v) is 8.56. The molecule has 3 rings (SSSR count). The lowest BCUT2D eigenvalue weighted by Gasteiger charge is -2.09. The average Bonchev–Trinajstić information content (AvgIpc) is 3.16. The van der Waals surface area contributed by atoms with Gasteiger partial charge < -0.3 is 9.15 Å². The van der Waals surface area contributed by atoms with Gasteiger partial charge in [-0.05, 0) is 24.3 Å². The average molecular weight is 345 g/mol. The molecule has 0 aliphatic heterocycles. The Kier molecular flexibility index (Phi) is 4.59. The van der Waals surface area contributed by atoms with Crippen molar-refractivity contribution in [1.82, 2.24) is 14.7 Å². The lowest BCUT2D eigenvalue weighted by Crippen LogP contribution is -2.23. The van der Waals surface area contributed by atoms with Crippen molar-refractivity contribution in [2.75, 3.05) is 7.11 Å². The molecule has 0 atom stereocenters. The van der Waals surface area contributed by atoms with E-state index in [4.69, 9.17) is 9.15 Å². The third kappa shape index (κ3) is 3.61. The van der Waals surface area contributed by atoms with Crippen molar-refractivity contribution in [1.29, 1.82) is 0 Å². The van der Waals surface area contributed by atoms with Gasteiger partial charge in [0.05, 0.1) is 37.0 Å². The number of hydrogen-bond acceptors (Lipinski definition) is 6. The number of hydrogen-bond donors (Lipinski definition) is 1. The maximum Gasteiger partial charge on any atom is 0.274 e. The molecule has 0 unspecified atom stereocenters. The lowest BCUT2D eigenvalue weighted by atomic mass is 10.2. The summed E-state index contributed by atoms with van der Waals surface area (Å²) in [4.78, 5) is 8.68. The molecule has 7 nitrogen and oxygen atoms in total. The van der Waals surface area contributed by atoms with Crippen LogP contribution >= 0.6 is 0 Å². The highest BCUT2D eigenvalue weighted by Crippen LogP contribution is 2.21. The first-order valence-electron chi connectivity index (χ1n) is 7.08. The van der Waals surface area contributed by atoms with E-state index in [-0.39, 0.29) is 11.6 Å². The van der Waals surface area contributed by atoms with Gasteiger partial charge in [-0.3, -0.25) is 4.98 Å². The summed E-state index contributed by atoms with van der Waals surface area (Å²) in [5.74, 6) is 0.567. The molecule has 8 heteroatoms. The number of nitrogens with zero attached hydrogens (tertiary/aromatic N) is 2. The smallest absolute Gasteiger partial charge is 0.274 e. The van der Waals surface area contributed by atoms with Crippen LogP contribution < -0.4 is 9.46 Å². The number of nitrogens with one attached hydrogen (secondary N) is 1. The molecule has 124 valence electrons. The summed E-state index contributed by atoms with van der Waals surface area (Å²) in [6.07, 6.45) is 2.97. The van der Waals surface area contributed by atoms with Crippen LogP contribution in [0.25, 0.3) is 11.4 Å². The van der Waals surface area contributed by atoms with E-state index in [1.807, 2.05) is 18.2 Å². The number of furan rings is 1. The van der Waals surface area contributed by atoms with Crippen LogP contribution in [-0.4, -0.2) is 25.5 Å². The molecule has 0 aliphatic carbocycles. The number of pyridine rings is 2.